The first-order valence-corrected chi connectivity index (χ1v) is 8.87. The van der Waals surface area contributed by atoms with Crippen LogP contribution in [0.25, 0.3) is 22.3 Å². The second-order valence-corrected chi connectivity index (χ2v) is 6.32. The predicted octanol–water partition coefficient (Wildman–Crippen LogP) is 4.47. The summed E-state index contributed by atoms with van der Waals surface area (Å²) in [6, 6.07) is 20.1. The Kier molecular flexibility index (Phi) is 5.03. The first-order valence-electron chi connectivity index (χ1n) is 8.87. The molecule has 2 aromatic heterocycles. The van der Waals surface area contributed by atoms with Gasteiger partial charge < -0.3 is 4.52 Å². The summed E-state index contributed by atoms with van der Waals surface area (Å²) in [6.45, 7) is 5.91. The molecule has 2 aromatic carbocycles. The number of aromatic nitrogens is 3. The number of rotatable bonds is 7. The van der Waals surface area contributed by atoms with Crippen molar-refractivity contribution in [2.45, 2.75) is 13.1 Å². The summed E-state index contributed by atoms with van der Waals surface area (Å²) >= 11 is 0. The van der Waals surface area contributed by atoms with Gasteiger partial charge in [-0.15, -0.1) is 6.58 Å². The number of fused-ring (bicyclic) bond motifs is 1. The minimum absolute atomic E-state index is 0.558. The highest BCUT2D eigenvalue weighted by atomic mass is 16.5. The lowest BCUT2D eigenvalue weighted by molar-refractivity contribution is 0.240. The van der Waals surface area contributed by atoms with Crippen LogP contribution in [-0.4, -0.2) is 26.6 Å². The molecule has 5 nitrogen and oxygen atoms in total. The number of hydrogen-bond donors (Lipinski definition) is 0. The summed E-state index contributed by atoms with van der Waals surface area (Å²) in [5, 5.41) is 5.26. The van der Waals surface area contributed by atoms with Gasteiger partial charge in [-0.2, -0.15) is 4.98 Å². The van der Waals surface area contributed by atoms with Gasteiger partial charge in [0.1, 0.15) is 0 Å². The fourth-order valence-electron chi connectivity index (χ4n) is 3.12. The van der Waals surface area contributed by atoms with Crippen molar-refractivity contribution in [1.82, 2.24) is 20.0 Å². The molecule has 0 radical (unpaired) electrons. The zero-order valence-corrected chi connectivity index (χ0v) is 15.0. The van der Waals surface area contributed by atoms with Crippen molar-refractivity contribution in [3.63, 3.8) is 0 Å². The van der Waals surface area contributed by atoms with Crippen LogP contribution in [0.2, 0.25) is 0 Å². The van der Waals surface area contributed by atoms with Gasteiger partial charge in [-0.25, -0.2) is 0 Å². The molecule has 4 aromatic rings. The molecule has 27 heavy (non-hydrogen) atoms. The van der Waals surface area contributed by atoms with Crippen molar-refractivity contribution in [2.24, 2.45) is 0 Å². The van der Waals surface area contributed by atoms with E-state index in [-0.39, 0.29) is 0 Å². The van der Waals surface area contributed by atoms with Gasteiger partial charge in [-0.3, -0.25) is 9.88 Å². The SMILES string of the molecule is C=CCN(Cc1nc(-c2ccccc2)no1)Cc1ccnc2ccccc12. The largest absolute Gasteiger partial charge is 0.338 e. The highest BCUT2D eigenvalue weighted by Gasteiger charge is 2.14. The van der Waals surface area contributed by atoms with E-state index >= 15 is 0 Å². The number of pyridine rings is 1. The van der Waals surface area contributed by atoms with Crippen molar-refractivity contribution >= 4 is 10.9 Å². The maximum atomic E-state index is 5.47. The fraction of sp³-hybridized carbons (Fsp3) is 0.136. The molecular formula is C22H20N4O. The molecule has 0 aliphatic carbocycles. The highest BCUT2D eigenvalue weighted by molar-refractivity contribution is 5.81. The minimum Gasteiger partial charge on any atom is -0.338 e. The van der Waals surface area contributed by atoms with Crippen LogP contribution >= 0.6 is 0 Å². The van der Waals surface area contributed by atoms with Crippen LogP contribution in [0.3, 0.4) is 0 Å². The Morgan fingerprint density at radius 3 is 2.63 bits per heavy atom. The van der Waals surface area contributed by atoms with Gasteiger partial charge in [-0.1, -0.05) is 59.8 Å². The second-order valence-electron chi connectivity index (χ2n) is 6.32. The standard InChI is InChI=1S/C22H20N4O/c1-2-14-26(15-18-12-13-23-20-11-7-6-10-19(18)20)16-21-24-22(25-27-21)17-8-4-3-5-9-17/h2-13H,1,14-16H2. The first kappa shape index (κ1) is 17.1. The summed E-state index contributed by atoms with van der Waals surface area (Å²) in [7, 11) is 0. The second kappa shape index (κ2) is 7.93. The Morgan fingerprint density at radius 2 is 1.78 bits per heavy atom. The van der Waals surface area contributed by atoms with Gasteiger partial charge in [0.25, 0.3) is 0 Å². The zero-order chi connectivity index (χ0) is 18.5. The maximum absolute atomic E-state index is 5.47. The molecule has 0 N–H and O–H groups in total. The van der Waals surface area contributed by atoms with E-state index in [2.05, 4.69) is 38.7 Å². The van der Waals surface area contributed by atoms with Gasteiger partial charge in [-0.05, 0) is 17.7 Å². The van der Waals surface area contributed by atoms with Crippen LogP contribution in [0.1, 0.15) is 11.5 Å². The third-order valence-corrected chi connectivity index (χ3v) is 4.38. The van der Waals surface area contributed by atoms with Gasteiger partial charge in [0.15, 0.2) is 0 Å². The molecule has 0 spiro atoms. The third-order valence-electron chi connectivity index (χ3n) is 4.38. The molecule has 0 bridgehead atoms. The zero-order valence-electron chi connectivity index (χ0n) is 15.0. The molecule has 0 aliphatic heterocycles. The van der Waals surface area contributed by atoms with E-state index in [4.69, 9.17) is 4.52 Å². The Bertz CT molecular complexity index is 1040. The first-order chi connectivity index (χ1) is 13.3. The van der Waals surface area contributed by atoms with Crippen LogP contribution < -0.4 is 0 Å². The molecule has 0 saturated heterocycles. The van der Waals surface area contributed by atoms with Crippen LogP contribution in [0.5, 0.6) is 0 Å². The topological polar surface area (TPSA) is 55.1 Å². The normalized spacial score (nSPS) is 11.1. The van der Waals surface area contributed by atoms with Crippen LogP contribution in [0.4, 0.5) is 0 Å². The molecular weight excluding hydrogens is 336 g/mol. The number of para-hydroxylation sites is 1. The van der Waals surface area contributed by atoms with Gasteiger partial charge >= 0.3 is 0 Å². The van der Waals surface area contributed by atoms with E-state index < -0.39 is 0 Å². The highest BCUT2D eigenvalue weighted by Crippen LogP contribution is 2.20. The van der Waals surface area contributed by atoms with Gasteiger partial charge in [0, 0.05) is 30.2 Å². The lowest BCUT2D eigenvalue weighted by Crippen LogP contribution is -2.23. The monoisotopic (exact) mass is 356 g/mol. The molecule has 0 saturated carbocycles. The Balaban J connectivity index is 1.55. The fourth-order valence-corrected chi connectivity index (χ4v) is 3.12. The van der Waals surface area contributed by atoms with Crippen molar-refractivity contribution in [1.29, 1.82) is 0 Å². The predicted molar refractivity (Wildman–Crippen MR) is 106 cm³/mol. The summed E-state index contributed by atoms with van der Waals surface area (Å²) in [5.74, 6) is 1.20. The van der Waals surface area contributed by atoms with Crippen molar-refractivity contribution in [3.05, 3.63) is 91.0 Å². The molecule has 0 aliphatic rings. The van der Waals surface area contributed by atoms with E-state index in [0.29, 0.717) is 18.3 Å². The summed E-state index contributed by atoms with van der Waals surface area (Å²) < 4.78 is 5.47. The van der Waals surface area contributed by atoms with E-state index in [9.17, 15) is 0 Å². The van der Waals surface area contributed by atoms with Gasteiger partial charge in [0.2, 0.25) is 11.7 Å². The molecule has 0 atom stereocenters. The van der Waals surface area contributed by atoms with E-state index in [1.54, 1.807) is 0 Å². The Morgan fingerprint density at radius 1 is 0.963 bits per heavy atom. The number of hydrogen-bond acceptors (Lipinski definition) is 5. The van der Waals surface area contributed by atoms with E-state index in [1.165, 1.54) is 5.56 Å². The molecule has 5 heteroatoms. The number of benzene rings is 2. The summed E-state index contributed by atoms with van der Waals surface area (Å²) in [6.07, 6.45) is 3.74. The Hall–Kier alpha value is -3.31. The average molecular weight is 356 g/mol. The van der Waals surface area contributed by atoms with Crippen molar-refractivity contribution in [2.75, 3.05) is 6.54 Å². The molecule has 0 fully saturated rings. The van der Waals surface area contributed by atoms with Crippen molar-refractivity contribution in [3.8, 4) is 11.4 Å². The Labute approximate surface area is 158 Å². The molecule has 4 rings (SSSR count). The minimum atomic E-state index is 0.558. The molecule has 2 heterocycles. The van der Waals surface area contributed by atoms with Crippen LogP contribution in [0, 0.1) is 0 Å². The summed E-state index contributed by atoms with van der Waals surface area (Å²) in [5.41, 5.74) is 3.16. The smallest absolute Gasteiger partial charge is 0.241 e. The van der Waals surface area contributed by atoms with E-state index in [1.807, 2.05) is 60.8 Å². The van der Waals surface area contributed by atoms with E-state index in [0.717, 1.165) is 29.6 Å². The molecule has 0 amide bonds. The quantitative estimate of drug-likeness (QED) is 0.457. The lowest BCUT2D eigenvalue weighted by atomic mass is 10.1. The number of nitrogens with zero attached hydrogens (tertiary/aromatic N) is 4. The summed E-state index contributed by atoms with van der Waals surface area (Å²) in [4.78, 5) is 11.2. The molecule has 0 unspecified atom stereocenters. The lowest BCUT2D eigenvalue weighted by Gasteiger charge is -2.19. The van der Waals surface area contributed by atoms with Crippen molar-refractivity contribution < 1.29 is 4.52 Å². The van der Waals surface area contributed by atoms with Crippen LogP contribution in [0.15, 0.2) is 84.0 Å². The third kappa shape index (κ3) is 3.93. The average Bonchev–Trinajstić information content (AvgIpc) is 3.18. The maximum Gasteiger partial charge on any atom is 0.241 e. The van der Waals surface area contributed by atoms with Crippen LogP contribution in [-0.2, 0) is 13.1 Å². The molecule has 134 valence electrons. The van der Waals surface area contributed by atoms with Gasteiger partial charge in [0.05, 0.1) is 12.1 Å².